The van der Waals surface area contributed by atoms with Gasteiger partial charge in [0.25, 0.3) is 0 Å². The molecule has 1 aliphatic heterocycles. The Bertz CT molecular complexity index is 1630. The molecule has 5 fully saturated rings. The Morgan fingerprint density at radius 3 is 2.19 bits per heavy atom. The molecule has 1 heterocycles. The third-order valence-electron chi connectivity index (χ3n) is 16.2. The Morgan fingerprint density at radius 2 is 1.57 bits per heavy atom. The summed E-state index contributed by atoms with van der Waals surface area (Å²) in [7, 11) is -9.99. The van der Waals surface area contributed by atoms with Crippen LogP contribution in [0.25, 0.3) is 0 Å². The fourth-order valence-corrected chi connectivity index (χ4v) is 14.3. The number of aliphatic hydroxyl groups excluding tert-OH is 5. The van der Waals surface area contributed by atoms with E-state index in [1.165, 1.54) is 0 Å². The minimum atomic E-state index is -5.10. The molecule has 6 N–H and O–H groups in total. The molecular formula is C36H59NaO15S2. The first-order valence-electron chi connectivity index (χ1n) is 19.0. The number of hydrogen-bond acceptors (Lipinski definition) is 14. The SMILES string of the molecule is C[C@H]1C(CO[C@@H]2O[C@H](CO)[C@@H](O)[C@H](O)[C@H]2O)=CC[C@]2(CO)CC[C@]3(C)[C@H](CC[C@@H]4[C@@]5(C)CC[C@H](OS(=O)(=O)O)[C@@](C)(COS(=O)(=O)[O-])[C@@H]5CC[C@]43C)[C@H]12.[Na+]. The van der Waals surface area contributed by atoms with Crippen molar-refractivity contribution in [3.63, 3.8) is 0 Å². The van der Waals surface area contributed by atoms with E-state index in [0.29, 0.717) is 19.3 Å². The number of ether oxygens (including phenoxy) is 2. The Hall–Kier alpha value is 0.200. The molecule has 54 heavy (non-hydrogen) atoms. The van der Waals surface area contributed by atoms with Gasteiger partial charge < -0.3 is 39.6 Å². The van der Waals surface area contributed by atoms with E-state index in [0.717, 1.165) is 37.7 Å². The van der Waals surface area contributed by atoms with E-state index < -0.39 is 81.7 Å². The summed E-state index contributed by atoms with van der Waals surface area (Å²) in [5.41, 5.74) is -1.33. The third-order valence-corrected chi connectivity index (χ3v) is 17.1. The van der Waals surface area contributed by atoms with Gasteiger partial charge >= 0.3 is 40.0 Å². The van der Waals surface area contributed by atoms with E-state index in [1.54, 1.807) is 6.92 Å². The average Bonchev–Trinajstić information content (AvgIpc) is 3.07. The van der Waals surface area contributed by atoms with Gasteiger partial charge in [0.15, 0.2) is 6.29 Å². The van der Waals surface area contributed by atoms with Crippen molar-refractivity contribution in [2.45, 2.75) is 129 Å². The second-order valence-electron chi connectivity index (χ2n) is 18.2. The number of allylic oxidation sites excluding steroid dienone is 1. The quantitative estimate of drug-likeness (QED) is 0.0676. The predicted molar refractivity (Wildman–Crippen MR) is 186 cm³/mol. The Labute approximate surface area is 341 Å². The zero-order chi connectivity index (χ0) is 39.2. The molecule has 0 bridgehead atoms. The summed E-state index contributed by atoms with van der Waals surface area (Å²) in [4.78, 5) is 0. The Morgan fingerprint density at radius 1 is 0.889 bits per heavy atom. The van der Waals surface area contributed by atoms with E-state index in [1.807, 2.05) is 0 Å². The topological polar surface area (TPSA) is 250 Å². The van der Waals surface area contributed by atoms with Gasteiger partial charge in [0, 0.05) is 17.4 Å². The van der Waals surface area contributed by atoms with Crippen LogP contribution in [0.1, 0.15) is 92.4 Å². The van der Waals surface area contributed by atoms with Crippen molar-refractivity contribution in [3.8, 4) is 0 Å². The van der Waals surface area contributed by atoms with Crippen LogP contribution in [0.2, 0.25) is 0 Å². The van der Waals surface area contributed by atoms with Crippen LogP contribution in [-0.2, 0) is 38.6 Å². The number of hydrogen-bond donors (Lipinski definition) is 6. The molecule has 0 radical (unpaired) electrons. The molecule has 16 atom stereocenters. The molecule has 15 nitrogen and oxygen atoms in total. The summed E-state index contributed by atoms with van der Waals surface area (Å²) in [6.07, 6.45) is 0.322. The molecule has 0 aromatic heterocycles. The normalized spacial score (nSPS) is 49.3. The van der Waals surface area contributed by atoms with Crippen LogP contribution >= 0.6 is 0 Å². The van der Waals surface area contributed by atoms with Crippen molar-refractivity contribution in [3.05, 3.63) is 11.6 Å². The second kappa shape index (κ2) is 15.7. The molecule has 0 aromatic carbocycles. The van der Waals surface area contributed by atoms with Crippen LogP contribution in [0, 0.1) is 56.7 Å². The van der Waals surface area contributed by atoms with Gasteiger partial charge in [-0.15, -0.1) is 0 Å². The van der Waals surface area contributed by atoms with Crippen LogP contribution in [0.15, 0.2) is 11.6 Å². The van der Waals surface area contributed by atoms with Gasteiger partial charge in [0.05, 0.1) is 25.9 Å². The first-order chi connectivity index (χ1) is 24.5. The molecule has 306 valence electrons. The number of aliphatic hydroxyl groups is 5. The van der Waals surface area contributed by atoms with Crippen LogP contribution in [0.5, 0.6) is 0 Å². The first kappa shape index (κ1) is 45.3. The average molecular weight is 819 g/mol. The van der Waals surface area contributed by atoms with E-state index >= 15 is 0 Å². The third kappa shape index (κ3) is 7.49. The van der Waals surface area contributed by atoms with E-state index in [2.05, 4.69) is 33.8 Å². The van der Waals surface area contributed by atoms with E-state index in [4.69, 9.17) is 17.8 Å². The minimum absolute atomic E-state index is 0. The van der Waals surface area contributed by atoms with Crippen molar-refractivity contribution in [1.82, 2.24) is 0 Å². The van der Waals surface area contributed by atoms with Crippen molar-refractivity contribution in [2.24, 2.45) is 56.7 Å². The first-order valence-corrected chi connectivity index (χ1v) is 21.7. The largest absolute Gasteiger partial charge is 1.00 e. The van der Waals surface area contributed by atoms with Crippen molar-refractivity contribution >= 4 is 20.8 Å². The van der Waals surface area contributed by atoms with Gasteiger partial charge in [-0.2, -0.15) is 8.42 Å². The Kier molecular flexibility index (Phi) is 13.1. The van der Waals surface area contributed by atoms with Gasteiger partial charge in [-0.25, -0.2) is 12.6 Å². The van der Waals surface area contributed by atoms with Gasteiger partial charge in [0.2, 0.25) is 10.4 Å². The van der Waals surface area contributed by atoms with Gasteiger partial charge in [-0.3, -0.25) is 8.74 Å². The minimum Gasteiger partial charge on any atom is -0.726 e. The molecule has 1 saturated heterocycles. The maximum Gasteiger partial charge on any atom is 1.00 e. The van der Waals surface area contributed by atoms with Gasteiger partial charge in [-0.05, 0) is 109 Å². The standard InChI is InChI=1S/C36H60O15S2.Na/c1-20-21(17-48-31-30(41)29(40)28(39)23(16-37)50-31)8-13-36(18-38)15-14-34(4)22(27(20)36)6-7-25-32(2)11-10-26(51-53(45,46)47)33(3,19-49-52(42,43)44)24(32)9-12-35(25,34)5;/h8,20,22-31,37-41H,6-7,9-19H2,1-5H3,(H,42,43,44)(H,45,46,47);/q;+1/p-1/t20-,22+,23+,24+,25+,26-,27-,28+,29-,30+,31+,32-,33-,34+,35+,36+;/m0./s1. The zero-order valence-electron chi connectivity index (χ0n) is 32.3. The molecule has 0 unspecified atom stereocenters. The molecule has 4 saturated carbocycles. The van der Waals surface area contributed by atoms with Gasteiger partial charge in [0.1, 0.15) is 24.4 Å². The molecule has 0 amide bonds. The Balaban J connectivity index is 0.00000561. The number of rotatable bonds is 10. The fraction of sp³-hybridized carbons (Fsp3) is 0.944. The molecule has 6 rings (SSSR count). The summed E-state index contributed by atoms with van der Waals surface area (Å²) in [5, 5.41) is 51.8. The van der Waals surface area contributed by atoms with Crippen molar-refractivity contribution in [1.29, 1.82) is 0 Å². The number of fused-ring (bicyclic) bond motifs is 7. The maximum atomic E-state index is 11.9. The van der Waals surface area contributed by atoms with Crippen LogP contribution < -0.4 is 29.6 Å². The smallest absolute Gasteiger partial charge is 0.726 e. The summed E-state index contributed by atoms with van der Waals surface area (Å²) in [6.45, 7) is 9.79. The summed E-state index contributed by atoms with van der Waals surface area (Å²) in [6, 6.07) is 0. The fourth-order valence-electron chi connectivity index (χ4n) is 13.3. The molecule has 18 heteroatoms. The maximum absolute atomic E-state index is 11.9. The second-order valence-corrected chi connectivity index (χ2v) is 20.3. The summed E-state index contributed by atoms with van der Waals surface area (Å²) in [5.74, 6) is 0.163. The molecule has 5 aliphatic carbocycles. The molecule has 0 spiro atoms. The predicted octanol–water partition coefficient (Wildman–Crippen LogP) is -0.918. The molecule has 0 aromatic rings. The monoisotopic (exact) mass is 818 g/mol. The molecular weight excluding hydrogens is 760 g/mol. The summed E-state index contributed by atoms with van der Waals surface area (Å²) >= 11 is 0. The molecule has 6 aliphatic rings. The zero-order valence-corrected chi connectivity index (χ0v) is 35.9. The van der Waals surface area contributed by atoms with Crippen LogP contribution in [0.3, 0.4) is 0 Å². The summed E-state index contributed by atoms with van der Waals surface area (Å²) < 4.78 is 90.2. The van der Waals surface area contributed by atoms with E-state index in [-0.39, 0.29) is 95.0 Å². The van der Waals surface area contributed by atoms with E-state index in [9.17, 15) is 51.5 Å². The van der Waals surface area contributed by atoms with Crippen molar-refractivity contribution in [2.75, 3.05) is 26.4 Å². The van der Waals surface area contributed by atoms with Crippen molar-refractivity contribution < 1.29 is 98.9 Å². The van der Waals surface area contributed by atoms with Crippen LogP contribution in [0.4, 0.5) is 0 Å². The van der Waals surface area contributed by atoms with Gasteiger partial charge in [-0.1, -0.05) is 40.7 Å². The van der Waals surface area contributed by atoms with Crippen LogP contribution in [-0.4, -0.2) is 115 Å².